The first kappa shape index (κ1) is 12.0. The maximum atomic E-state index is 12.1. The van der Waals surface area contributed by atoms with Crippen LogP contribution in [0.4, 0.5) is 4.39 Å². The Bertz CT molecular complexity index is 391. The number of hydrogen-bond acceptors (Lipinski definition) is 2. The Labute approximate surface area is 99.7 Å². The average molecular weight is 237 g/mol. The van der Waals surface area contributed by atoms with E-state index in [0.717, 1.165) is 11.1 Å². The number of carbonyl (C=O) groups is 1. The van der Waals surface area contributed by atoms with Gasteiger partial charge in [0.15, 0.2) is 0 Å². The number of carboxylic acid groups (broad SMARTS) is 1. The van der Waals surface area contributed by atoms with Crippen LogP contribution in [0.15, 0.2) is 24.3 Å². The monoisotopic (exact) mass is 237 g/mol. The Hall–Kier alpha value is -1.42. The van der Waals surface area contributed by atoms with Crippen molar-refractivity contribution in [3.8, 4) is 0 Å². The molecule has 0 aliphatic carbocycles. The summed E-state index contributed by atoms with van der Waals surface area (Å²) in [5, 5.41) is 12.1. The van der Waals surface area contributed by atoms with Crippen molar-refractivity contribution in [2.45, 2.75) is 18.9 Å². The fourth-order valence-corrected chi connectivity index (χ4v) is 2.20. The number of hydrogen-bond donors (Lipinski definition) is 2. The van der Waals surface area contributed by atoms with Gasteiger partial charge in [0.1, 0.15) is 0 Å². The second-order valence-corrected chi connectivity index (χ2v) is 4.41. The third-order valence-electron chi connectivity index (χ3n) is 3.25. The number of aliphatic carboxylic acids is 1. The highest BCUT2D eigenvalue weighted by molar-refractivity contribution is 5.70. The molecule has 1 fully saturated rings. The quantitative estimate of drug-likeness (QED) is 0.841. The van der Waals surface area contributed by atoms with Crippen LogP contribution in [0.5, 0.6) is 0 Å². The Morgan fingerprint density at radius 2 is 2.12 bits per heavy atom. The molecule has 1 aromatic carbocycles. The van der Waals surface area contributed by atoms with Crippen molar-refractivity contribution in [2.75, 3.05) is 13.2 Å². The zero-order chi connectivity index (χ0) is 12.3. The highest BCUT2D eigenvalue weighted by atomic mass is 19.1. The van der Waals surface area contributed by atoms with Crippen LogP contribution in [0.3, 0.4) is 0 Å². The molecule has 4 heteroatoms. The summed E-state index contributed by atoms with van der Waals surface area (Å²) in [6.45, 7) is 0.175. The topological polar surface area (TPSA) is 49.3 Å². The molecule has 0 saturated carbocycles. The summed E-state index contributed by atoms with van der Waals surface area (Å²) in [7, 11) is 0. The molecule has 0 radical (unpaired) electrons. The minimum absolute atomic E-state index is 0.107. The lowest BCUT2D eigenvalue weighted by Crippen LogP contribution is -2.17. The van der Waals surface area contributed by atoms with Crippen molar-refractivity contribution >= 4 is 5.97 Å². The number of carboxylic acids is 1. The summed E-state index contributed by atoms with van der Waals surface area (Å²) in [6.07, 6.45) is 1.06. The van der Waals surface area contributed by atoms with E-state index in [1.54, 1.807) is 0 Å². The third-order valence-corrected chi connectivity index (χ3v) is 3.25. The number of rotatable bonds is 4. The first-order valence-corrected chi connectivity index (χ1v) is 5.81. The van der Waals surface area contributed by atoms with Gasteiger partial charge in [0.25, 0.3) is 0 Å². The van der Waals surface area contributed by atoms with Crippen LogP contribution in [0.2, 0.25) is 0 Å². The Morgan fingerprint density at radius 3 is 2.65 bits per heavy atom. The van der Waals surface area contributed by atoms with Crippen LogP contribution in [-0.2, 0) is 11.2 Å². The minimum Gasteiger partial charge on any atom is -0.481 e. The molecule has 0 aromatic heterocycles. The van der Waals surface area contributed by atoms with Crippen LogP contribution < -0.4 is 5.32 Å². The van der Waals surface area contributed by atoms with Crippen molar-refractivity contribution in [1.82, 2.24) is 5.32 Å². The molecule has 1 aliphatic heterocycles. The molecule has 2 N–H and O–H groups in total. The van der Waals surface area contributed by atoms with Crippen LogP contribution in [0, 0.1) is 5.92 Å². The molecule has 1 aliphatic rings. The number of alkyl halides is 1. The molecule has 1 saturated heterocycles. The van der Waals surface area contributed by atoms with E-state index in [1.165, 1.54) is 0 Å². The van der Waals surface area contributed by atoms with Crippen molar-refractivity contribution in [3.05, 3.63) is 35.4 Å². The van der Waals surface area contributed by atoms with E-state index in [-0.39, 0.29) is 18.6 Å². The number of halogens is 1. The normalized spacial score (nSPS) is 23.8. The van der Waals surface area contributed by atoms with Crippen LogP contribution in [-0.4, -0.2) is 24.3 Å². The first-order valence-electron chi connectivity index (χ1n) is 5.81. The van der Waals surface area contributed by atoms with Crippen molar-refractivity contribution in [3.63, 3.8) is 0 Å². The number of aryl methyl sites for hydroxylation is 1. The minimum atomic E-state index is -0.742. The second-order valence-electron chi connectivity index (χ2n) is 4.41. The van der Waals surface area contributed by atoms with Gasteiger partial charge in [-0.1, -0.05) is 24.3 Å². The molecule has 1 heterocycles. The molecular formula is C13H16FNO2. The number of nitrogens with one attached hydrogen (secondary N) is 1. The van der Waals surface area contributed by atoms with Crippen LogP contribution in [0.25, 0.3) is 0 Å². The van der Waals surface area contributed by atoms with E-state index in [1.807, 2.05) is 24.3 Å². The molecule has 92 valence electrons. The molecule has 0 spiro atoms. The molecule has 3 nitrogen and oxygen atoms in total. The van der Waals surface area contributed by atoms with Gasteiger partial charge in [-0.15, -0.1) is 0 Å². The van der Waals surface area contributed by atoms with Crippen molar-refractivity contribution < 1.29 is 14.3 Å². The Kier molecular flexibility index (Phi) is 3.74. The summed E-state index contributed by atoms with van der Waals surface area (Å²) >= 11 is 0. The largest absolute Gasteiger partial charge is 0.481 e. The predicted molar refractivity (Wildman–Crippen MR) is 62.6 cm³/mol. The Morgan fingerprint density at radius 1 is 1.41 bits per heavy atom. The van der Waals surface area contributed by atoms with E-state index in [4.69, 9.17) is 5.11 Å². The van der Waals surface area contributed by atoms with E-state index in [2.05, 4.69) is 5.32 Å². The van der Waals surface area contributed by atoms with E-state index in [0.29, 0.717) is 19.4 Å². The van der Waals surface area contributed by atoms with E-state index in [9.17, 15) is 9.18 Å². The summed E-state index contributed by atoms with van der Waals surface area (Å²) in [4.78, 5) is 10.8. The molecule has 2 rings (SSSR count). The molecule has 17 heavy (non-hydrogen) atoms. The van der Waals surface area contributed by atoms with Crippen molar-refractivity contribution in [2.24, 2.45) is 5.92 Å². The van der Waals surface area contributed by atoms with E-state index >= 15 is 0 Å². The molecule has 2 atom stereocenters. The van der Waals surface area contributed by atoms with Gasteiger partial charge < -0.3 is 10.4 Å². The standard InChI is InChI=1S/C13H16FNO2/c14-6-5-9-1-3-10(4-2-9)12-7-11(8-15-12)13(16)17/h1-4,11-12,15H,5-8H2,(H,16,17). The highest BCUT2D eigenvalue weighted by Crippen LogP contribution is 2.27. The predicted octanol–water partition coefficient (Wildman–Crippen LogP) is 1.93. The SMILES string of the molecule is O=C(O)C1CNC(c2ccc(CCF)cc2)C1. The van der Waals surface area contributed by atoms with Gasteiger partial charge in [0.2, 0.25) is 0 Å². The van der Waals surface area contributed by atoms with Gasteiger partial charge in [-0.3, -0.25) is 9.18 Å². The van der Waals surface area contributed by atoms with Gasteiger partial charge in [0, 0.05) is 19.0 Å². The maximum Gasteiger partial charge on any atom is 0.307 e. The summed E-state index contributed by atoms with van der Waals surface area (Å²) in [5.74, 6) is -1.04. The summed E-state index contributed by atoms with van der Waals surface area (Å²) in [6, 6.07) is 7.82. The van der Waals surface area contributed by atoms with Gasteiger partial charge in [-0.25, -0.2) is 0 Å². The molecular weight excluding hydrogens is 221 g/mol. The molecule has 0 amide bonds. The lowest BCUT2D eigenvalue weighted by Gasteiger charge is -2.11. The smallest absolute Gasteiger partial charge is 0.307 e. The molecule has 0 bridgehead atoms. The summed E-state index contributed by atoms with van der Waals surface area (Å²) in [5.41, 5.74) is 2.06. The summed E-state index contributed by atoms with van der Waals surface area (Å²) < 4.78 is 12.1. The van der Waals surface area contributed by atoms with Crippen LogP contribution >= 0.6 is 0 Å². The lowest BCUT2D eigenvalue weighted by atomic mass is 9.99. The highest BCUT2D eigenvalue weighted by Gasteiger charge is 2.29. The Balaban J connectivity index is 2.01. The van der Waals surface area contributed by atoms with Crippen molar-refractivity contribution in [1.29, 1.82) is 0 Å². The fraction of sp³-hybridized carbons (Fsp3) is 0.462. The van der Waals surface area contributed by atoms with Gasteiger partial charge in [-0.2, -0.15) is 0 Å². The van der Waals surface area contributed by atoms with Crippen LogP contribution in [0.1, 0.15) is 23.6 Å². The molecule has 2 unspecified atom stereocenters. The number of benzene rings is 1. The lowest BCUT2D eigenvalue weighted by molar-refractivity contribution is -0.141. The zero-order valence-electron chi connectivity index (χ0n) is 9.53. The second kappa shape index (κ2) is 5.27. The molecule has 1 aromatic rings. The zero-order valence-corrected chi connectivity index (χ0v) is 9.53. The fourth-order valence-electron chi connectivity index (χ4n) is 2.20. The maximum absolute atomic E-state index is 12.1. The van der Waals surface area contributed by atoms with Gasteiger partial charge in [-0.05, 0) is 17.5 Å². The third kappa shape index (κ3) is 2.82. The van der Waals surface area contributed by atoms with E-state index < -0.39 is 5.97 Å². The average Bonchev–Trinajstić information content (AvgIpc) is 2.80. The first-order chi connectivity index (χ1) is 8.20. The van der Waals surface area contributed by atoms with Gasteiger partial charge in [0.05, 0.1) is 12.6 Å². The van der Waals surface area contributed by atoms with Gasteiger partial charge >= 0.3 is 5.97 Å².